The third-order valence-corrected chi connectivity index (χ3v) is 7.67. The van der Waals surface area contributed by atoms with E-state index in [1.807, 2.05) is 6.26 Å². The number of thioether (sulfide) groups is 2. The summed E-state index contributed by atoms with van der Waals surface area (Å²) in [7, 11) is 0. The van der Waals surface area contributed by atoms with Gasteiger partial charge >= 0.3 is 24.3 Å². The molecule has 2 heterocycles. The number of hydrogen-bond acceptors (Lipinski definition) is 12. The zero-order valence-corrected chi connectivity index (χ0v) is 31.3. The summed E-state index contributed by atoms with van der Waals surface area (Å²) in [6.07, 6.45) is -5.17. The molecule has 0 bridgehead atoms. The maximum Gasteiger partial charge on any atom is 0.416 e. The van der Waals surface area contributed by atoms with Gasteiger partial charge in [0.25, 0.3) is 0 Å². The van der Waals surface area contributed by atoms with Gasteiger partial charge in [-0.2, -0.15) is 26.3 Å². The Morgan fingerprint density at radius 3 is 1.75 bits per heavy atom. The minimum absolute atomic E-state index is 0.0970. The SMILES string of the molecule is CCOC(=O)c1c(C)nc(SC)nc1Cl.CCOC(=O)c1c(C)nc(SC)nc1Nc1cc(C)cc(C(F)(F)F)c1.Nc1cccc(C(F)(F)F)c1. The second-order valence-electron chi connectivity index (χ2n) is 10.3. The maximum absolute atomic E-state index is 13.0. The molecule has 282 valence electrons. The van der Waals surface area contributed by atoms with Gasteiger partial charge in [0.05, 0.1) is 35.7 Å². The van der Waals surface area contributed by atoms with E-state index in [1.54, 1.807) is 46.9 Å². The van der Waals surface area contributed by atoms with Gasteiger partial charge in [-0.1, -0.05) is 41.2 Å². The summed E-state index contributed by atoms with van der Waals surface area (Å²) in [6.45, 7) is 8.75. The molecule has 52 heavy (non-hydrogen) atoms. The molecule has 0 aliphatic carbocycles. The van der Waals surface area contributed by atoms with Crippen molar-refractivity contribution in [2.75, 3.05) is 36.8 Å². The number of benzene rings is 2. The minimum atomic E-state index is -4.47. The van der Waals surface area contributed by atoms with Gasteiger partial charge in [-0.05, 0) is 89.1 Å². The van der Waals surface area contributed by atoms with Crippen LogP contribution in [0.5, 0.6) is 0 Å². The molecule has 2 aromatic heterocycles. The molecular weight excluding hydrogens is 758 g/mol. The molecule has 0 radical (unpaired) electrons. The van der Waals surface area contributed by atoms with Gasteiger partial charge in [0, 0.05) is 11.4 Å². The van der Waals surface area contributed by atoms with Crippen molar-refractivity contribution in [3.63, 3.8) is 0 Å². The van der Waals surface area contributed by atoms with Crippen LogP contribution < -0.4 is 11.1 Å². The van der Waals surface area contributed by atoms with Crippen molar-refractivity contribution in [1.29, 1.82) is 0 Å². The standard InChI is InChI=1S/C17H18F3N3O2S.C9H11ClN2O2S.C7H6F3N/c1-5-25-15(24)13-10(3)21-16(26-4)23-14(13)22-12-7-9(2)6-11(8-12)17(18,19)20;1-4-14-8(13)6-5(2)11-9(15-3)12-7(6)10;8-7(9,10)5-2-1-3-6(11)4-5/h6-8H,5H2,1-4H3,(H,21,22,23);4H2,1-3H3;1-4H,11H2. The summed E-state index contributed by atoms with van der Waals surface area (Å²) >= 11 is 8.51. The smallest absolute Gasteiger partial charge is 0.416 e. The zero-order chi connectivity index (χ0) is 39.4. The zero-order valence-electron chi connectivity index (χ0n) is 28.9. The molecule has 10 nitrogen and oxygen atoms in total. The van der Waals surface area contributed by atoms with E-state index < -0.39 is 35.4 Å². The number of halogens is 7. The van der Waals surface area contributed by atoms with Crippen molar-refractivity contribution >= 4 is 64.3 Å². The third-order valence-electron chi connectivity index (χ3n) is 6.30. The van der Waals surface area contributed by atoms with Crippen LogP contribution in [0.2, 0.25) is 5.15 Å². The Labute approximate surface area is 309 Å². The highest BCUT2D eigenvalue weighted by atomic mass is 35.5. The number of nitrogens with zero attached hydrogens (tertiary/aromatic N) is 4. The van der Waals surface area contributed by atoms with E-state index in [4.69, 9.17) is 26.8 Å². The minimum Gasteiger partial charge on any atom is -0.462 e. The molecule has 19 heteroatoms. The molecule has 3 N–H and O–H groups in total. The number of nitrogens with one attached hydrogen (secondary N) is 1. The molecule has 0 amide bonds. The first-order chi connectivity index (χ1) is 24.2. The van der Waals surface area contributed by atoms with E-state index in [9.17, 15) is 35.9 Å². The monoisotopic (exact) mass is 792 g/mol. The van der Waals surface area contributed by atoms with Crippen LogP contribution in [0.3, 0.4) is 0 Å². The van der Waals surface area contributed by atoms with Crippen molar-refractivity contribution < 1.29 is 45.4 Å². The lowest BCUT2D eigenvalue weighted by atomic mass is 10.1. The third kappa shape index (κ3) is 13.0. The first-order valence-corrected chi connectivity index (χ1v) is 17.8. The molecule has 0 saturated heterocycles. The highest BCUT2D eigenvalue weighted by Crippen LogP contribution is 2.34. The molecule has 0 atom stereocenters. The van der Waals surface area contributed by atoms with Gasteiger partial charge in [-0.3, -0.25) is 0 Å². The normalized spacial score (nSPS) is 11.0. The number of hydrogen-bond donors (Lipinski definition) is 2. The fourth-order valence-electron chi connectivity index (χ4n) is 4.09. The first kappa shape index (κ1) is 43.9. The first-order valence-electron chi connectivity index (χ1n) is 15.0. The predicted molar refractivity (Wildman–Crippen MR) is 189 cm³/mol. The van der Waals surface area contributed by atoms with Crippen LogP contribution in [0.25, 0.3) is 0 Å². The maximum atomic E-state index is 13.0. The van der Waals surface area contributed by atoms with Crippen molar-refractivity contribution in [2.45, 2.75) is 57.3 Å². The van der Waals surface area contributed by atoms with Gasteiger partial charge in [0.1, 0.15) is 22.1 Å². The average Bonchev–Trinajstić information content (AvgIpc) is 3.04. The van der Waals surface area contributed by atoms with Gasteiger partial charge in [-0.25, -0.2) is 29.5 Å². The lowest BCUT2D eigenvalue weighted by Crippen LogP contribution is -2.14. The van der Waals surface area contributed by atoms with Crippen LogP contribution in [0.4, 0.5) is 43.5 Å². The predicted octanol–water partition coefficient (Wildman–Crippen LogP) is 9.38. The van der Waals surface area contributed by atoms with Crippen LogP contribution >= 0.6 is 35.1 Å². The quantitative estimate of drug-likeness (QED) is 0.0438. The largest absolute Gasteiger partial charge is 0.462 e. The van der Waals surface area contributed by atoms with E-state index in [0.29, 0.717) is 33.9 Å². The molecule has 0 aliphatic heterocycles. The Morgan fingerprint density at radius 2 is 1.29 bits per heavy atom. The van der Waals surface area contributed by atoms with Gasteiger partial charge in [0.15, 0.2) is 10.3 Å². The summed E-state index contributed by atoms with van der Waals surface area (Å²) in [6, 6.07) is 8.14. The van der Waals surface area contributed by atoms with Crippen LogP contribution in [0, 0.1) is 20.8 Å². The number of carbonyl (C=O) groups is 2. The number of rotatable bonds is 8. The van der Waals surface area contributed by atoms with Crippen molar-refractivity contribution in [1.82, 2.24) is 19.9 Å². The van der Waals surface area contributed by atoms with Crippen molar-refractivity contribution in [3.8, 4) is 0 Å². The molecule has 0 saturated carbocycles. The average molecular weight is 793 g/mol. The summed E-state index contributed by atoms with van der Waals surface area (Å²) < 4.78 is 84.7. The van der Waals surface area contributed by atoms with Crippen molar-refractivity contribution in [3.05, 3.63) is 86.8 Å². The number of alkyl halides is 6. The fraction of sp³-hybridized carbons (Fsp3) is 0.333. The van der Waals surface area contributed by atoms with Crippen LogP contribution in [0.15, 0.2) is 52.8 Å². The molecule has 0 aliphatic rings. The van der Waals surface area contributed by atoms with E-state index in [2.05, 4.69) is 25.3 Å². The summed E-state index contributed by atoms with van der Waals surface area (Å²) in [5.41, 5.74) is 5.65. The van der Waals surface area contributed by atoms with E-state index in [0.717, 1.165) is 24.3 Å². The number of anilines is 3. The topological polar surface area (TPSA) is 142 Å². The number of nitrogens with two attached hydrogens (primary N) is 1. The van der Waals surface area contributed by atoms with E-state index in [1.165, 1.54) is 35.7 Å². The Balaban J connectivity index is 0.000000302. The highest BCUT2D eigenvalue weighted by Gasteiger charge is 2.32. The number of nitrogen functional groups attached to an aromatic ring is 1. The summed E-state index contributed by atoms with van der Waals surface area (Å²) in [4.78, 5) is 40.3. The second-order valence-corrected chi connectivity index (χ2v) is 12.2. The number of carbonyl (C=O) groups excluding carboxylic acids is 2. The second kappa shape index (κ2) is 19.5. The number of aryl methyl sites for hydroxylation is 3. The molecule has 4 rings (SSSR count). The molecule has 4 aromatic rings. The number of aromatic nitrogens is 4. The van der Waals surface area contributed by atoms with Crippen molar-refractivity contribution in [2.24, 2.45) is 0 Å². The van der Waals surface area contributed by atoms with Gasteiger partial charge in [0.2, 0.25) is 0 Å². The lowest BCUT2D eigenvalue weighted by molar-refractivity contribution is -0.138. The summed E-state index contributed by atoms with van der Waals surface area (Å²) in [5.74, 6) is -1.00. The Morgan fingerprint density at radius 1 is 0.769 bits per heavy atom. The molecule has 2 aromatic carbocycles. The van der Waals surface area contributed by atoms with Gasteiger partial charge in [-0.15, -0.1) is 0 Å². The number of ether oxygens (including phenoxy) is 2. The Bertz CT molecular complexity index is 1840. The molecule has 0 unspecified atom stereocenters. The van der Waals surface area contributed by atoms with Gasteiger partial charge < -0.3 is 20.5 Å². The number of esters is 2. The fourth-order valence-corrected chi connectivity index (χ4v) is 5.25. The van der Waals surface area contributed by atoms with E-state index >= 15 is 0 Å². The Kier molecular flexibility index (Phi) is 16.5. The molecule has 0 spiro atoms. The van der Waals surface area contributed by atoms with Crippen LogP contribution in [-0.4, -0.2) is 57.6 Å². The van der Waals surface area contributed by atoms with Crippen LogP contribution in [-0.2, 0) is 21.8 Å². The Hall–Kier alpha value is -4.29. The van der Waals surface area contributed by atoms with E-state index in [-0.39, 0.29) is 40.1 Å². The molecular formula is C33H35ClF6N6O4S2. The highest BCUT2D eigenvalue weighted by molar-refractivity contribution is 7.98. The van der Waals surface area contributed by atoms with Crippen LogP contribution in [0.1, 0.15) is 62.6 Å². The molecule has 0 fully saturated rings. The summed E-state index contributed by atoms with van der Waals surface area (Å²) in [5, 5.41) is 3.90. The lowest BCUT2D eigenvalue weighted by Gasteiger charge is -2.15.